The van der Waals surface area contributed by atoms with Gasteiger partial charge in [-0.05, 0) is 13.8 Å². The van der Waals surface area contributed by atoms with Crippen LogP contribution in [0.25, 0.3) is 11.3 Å². The molecule has 0 N–H and O–H groups in total. The van der Waals surface area contributed by atoms with Crippen LogP contribution in [0.1, 0.15) is 13.8 Å². The lowest BCUT2D eigenvalue weighted by Gasteiger charge is -2.16. The van der Waals surface area contributed by atoms with Crippen LogP contribution >= 0.6 is 11.3 Å². The van der Waals surface area contributed by atoms with Gasteiger partial charge in [0, 0.05) is 28.8 Å². The van der Waals surface area contributed by atoms with E-state index in [1.165, 1.54) is 33.9 Å². The molecule has 2 aromatic rings. The van der Waals surface area contributed by atoms with Crippen molar-refractivity contribution >= 4 is 28.4 Å². The summed E-state index contributed by atoms with van der Waals surface area (Å²) in [6.07, 6.45) is 3.79. The van der Waals surface area contributed by atoms with E-state index in [4.69, 9.17) is 0 Å². The van der Waals surface area contributed by atoms with E-state index in [-0.39, 0.29) is 0 Å². The Morgan fingerprint density at radius 1 is 1.47 bits per heavy atom. The van der Waals surface area contributed by atoms with Crippen LogP contribution in [0.3, 0.4) is 0 Å². The molecule has 2 aromatic heterocycles. The summed E-state index contributed by atoms with van der Waals surface area (Å²) >= 11 is 1.21. The minimum absolute atomic E-state index is 0.315. The topological polar surface area (TPSA) is 52.0 Å². The van der Waals surface area contributed by atoms with E-state index >= 15 is 0 Å². The molecular weight excluding hydrogens is 287 g/mol. The summed E-state index contributed by atoms with van der Waals surface area (Å²) in [6.45, 7) is 3.37. The van der Waals surface area contributed by atoms with Crippen LogP contribution in [0.15, 0.2) is 21.9 Å². The molecule has 0 saturated heterocycles. The maximum Gasteiger partial charge on any atom is 0.147 e. The zero-order chi connectivity index (χ0) is 14.2. The molecule has 0 bridgehead atoms. The minimum atomic E-state index is -1.31. The monoisotopic (exact) mass is 300 g/mol. The Labute approximate surface area is 116 Å². The predicted molar refractivity (Wildman–Crippen MR) is 73.2 cm³/mol. The molecule has 1 atom stereocenters. The van der Waals surface area contributed by atoms with E-state index in [0.29, 0.717) is 16.2 Å². The van der Waals surface area contributed by atoms with Gasteiger partial charge >= 0.3 is 0 Å². The Balaban J connectivity index is 2.64. The first-order valence-electron chi connectivity index (χ1n) is 5.49. The van der Waals surface area contributed by atoms with Crippen LogP contribution < -0.4 is 0 Å². The lowest BCUT2D eigenvalue weighted by atomic mass is 10.1. The first-order chi connectivity index (χ1) is 8.86. The Morgan fingerprint density at radius 2 is 2.16 bits per heavy atom. The number of halogens is 1. The molecule has 0 aliphatic rings. The molecule has 0 fully saturated rings. The molecule has 0 amide bonds. The number of thiophene rings is 1. The Kier molecular flexibility index (Phi) is 3.69. The summed E-state index contributed by atoms with van der Waals surface area (Å²) in [6, 6.07) is 0. The quantitative estimate of drug-likeness (QED) is 0.815. The van der Waals surface area contributed by atoms with Gasteiger partial charge in [-0.2, -0.15) is 5.10 Å². The van der Waals surface area contributed by atoms with E-state index in [2.05, 4.69) is 5.10 Å². The number of carbonyl (C=O) groups is 1. The number of aldehydes is 1. The second-order valence-electron chi connectivity index (χ2n) is 4.65. The molecule has 2 rings (SSSR count). The zero-order valence-electron chi connectivity index (χ0n) is 10.7. The van der Waals surface area contributed by atoms with E-state index in [0.717, 1.165) is 6.29 Å². The number of rotatable bonds is 4. The number of hydrogen-bond donors (Lipinski definition) is 0. The third-order valence-electron chi connectivity index (χ3n) is 2.74. The number of hydrogen-bond acceptors (Lipinski definition) is 4. The van der Waals surface area contributed by atoms with Crippen molar-refractivity contribution in [1.29, 1.82) is 0 Å². The summed E-state index contributed by atoms with van der Waals surface area (Å²) in [7, 11) is -1.31. The summed E-state index contributed by atoms with van der Waals surface area (Å²) in [5.41, 5.74) is -0.219. The molecular formula is C12H13FN2O2S2. The first-order valence-corrected chi connectivity index (χ1v) is 7.99. The van der Waals surface area contributed by atoms with Crippen molar-refractivity contribution in [3.8, 4) is 11.3 Å². The van der Waals surface area contributed by atoms with E-state index < -0.39 is 22.2 Å². The highest BCUT2D eigenvalue weighted by molar-refractivity contribution is 7.84. The van der Waals surface area contributed by atoms with Crippen molar-refractivity contribution in [2.24, 2.45) is 0 Å². The maximum absolute atomic E-state index is 13.7. The fraction of sp³-hybridized carbons (Fsp3) is 0.333. The number of carbonyl (C=O) groups excluding carboxylic acids is 1. The predicted octanol–water partition coefficient (Wildman–Crippen LogP) is 2.42. The largest absolute Gasteiger partial charge is 0.301 e. The van der Waals surface area contributed by atoms with Gasteiger partial charge in [-0.25, -0.2) is 4.39 Å². The summed E-state index contributed by atoms with van der Waals surface area (Å²) in [5, 5.41) is 7.22. The highest BCUT2D eigenvalue weighted by Crippen LogP contribution is 2.30. The Bertz CT molecular complexity index is 646. The van der Waals surface area contributed by atoms with Crippen LogP contribution in [0.5, 0.6) is 0 Å². The highest BCUT2D eigenvalue weighted by Gasteiger charge is 2.25. The smallest absolute Gasteiger partial charge is 0.147 e. The van der Waals surface area contributed by atoms with Gasteiger partial charge in [0.1, 0.15) is 23.3 Å². The second kappa shape index (κ2) is 4.97. The highest BCUT2D eigenvalue weighted by atomic mass is 32.2. The fourth-order valence-electron chi connectivity index (χ4n) is 1.55. The molecule has 102 valence electrons. The van der Waals surface area contributed by atoms with Crippen LogP contribution in [0.4, 0.5) is 4.39 Å². The van der Waals surface area contributed by atoms with Crippen molar-refractivity contribution in [1.82, 2.24) is 9.78 Å². The summed E-state index contributed by atoms with van der Waals surface area (Å²) in [5.74, 6) is -0.397. The molecule has 0 aliphatic carbocycles. The van der Waals surface area contributed by atoms with Crippen molar-refractivity contribution in [2.75, 3.05) is 6.26 Å². The van der Waals surface area contributed by atoms with E-state index in [9.17, 15) is 13.4 Å². The molecule has 0 radical (unpaired) electrons. The molecule has 19 heavy (non-hydrogen) atoms. The average Bonchev–Trinajstić information content (AvgIpc) is 2.94. The van der Waals surface area contributed by atoms with Gasteiger partial charge in [0.2, 0.25) is 0 Å². The maximum atomic E-state index is 13.7. The van der Waals surface area contributed by atoms with Crippen molar-refractivity contribution in [2.45, 2.75) is 24.3 Å². The molecule has 0 aromatic carbocycles. The molecule has 7 heteroatoms. The average molecular weight is 300 g/mol. The SMILES string of the molecule is CS(=O)c1cn(C(C)(C)C=O)nc1-c1cscc1F. The molecule has 1 unspecified atom stereocenters. The fourth-order valence-corrected chi connectivity index (χ4v) is 2.90. The van der Waals surface area contributed by atoms with Crippen molar-refractivity contribution in [3.63, 3.8) is 0 Å². The second-order valence-corrected chi connectivity index (χ2v) is 6.74. The van der Waals surface area contributed by atoms with Gasteiger partial charge in [0.05, 0.1) is 15.7 Å². The van der Waals surface area contributed by atoms with Crippen LogP contribution in [0.2, 0.25) is 0 Å². The van der Waals surface area contributed by atoms with Gasteiger partial charge in [-0.3, -0.25) is 8.89 Å². The molecule has 2 heterocycles. The molecule has 0 spiro atoms. The standard InChI is InChI=1S/C12H13FN2O2S2/c1-12(2,7-16)15-4-10(19(3)17)11(14-15)8-5-18-6-9(8)13/h4-7H,1-3H3. The van der Waals surface area contributed by atoms with Gasteiger partial charge in [-0.15, -0.1) is 11.3 Å². The van der Waals surface area contributed by atoms with E-state index in [1.54, 1.807) is 19.2 Å². The third kappa shape index (κ3) is 2.52. The van der Waals surface area contributed by atoms with Crippen LogP contribution in [-0.2, 0) is 21.1 Å². The first kappa shape index (κ1) is 14.1. The third-order valence-corrected chi connectivity index (χ3v) is 4.37. The Hall–Kier alpha value is -1.34. The number of aromatic nitrogens is 2. The van der Waals surface area contributed by atoms with Crippen molar-refractivity contribution in [3.05, 3.63) is 22.8 Å². The van der Waals surface area contributed by atoms with E-state index in [1.807, 2.05) is 0 Å². The van der Waals surface area contributed by atoms with Gasteiger partial charge in [0.15, 0.2) is 0 Å². The summed E-state index contributed by atoms with van der Waals surface area (Å²) < 4.78 is 26.8. The van der Waals surface area contributed by atoms with Gasteiger partial charge < -0.3 is 4.79 Å². The Morgan fingerprint density at radius 3 is 2.63 bits per heavy atom. The minimum Gasteiger partial charge on any atom is -0.301 e. The van der Waals surface area contributed by atoms with Gasteiger partial charge in [0.25, 0.3) is 0 Å². The lowest BCUT2D eigenvalue weighted by molar-refractivity contribution is -0.114. The van der Waals surface area contributed by atoms with Crippen LogP contribution in [-0.4, -0.2) is 26.5 Å². The molecule has 4 nitrogen and oxygen atoms in total. The van der Waals surface area contributed by atoms with Gasteiger partial charge in [-0.1, -0.05) is 0 Å². The molecule has 0 aliphatic heterocycles. The number of nitrogens with zero attached hydrogens (tertiary/aromatic N) is 2. The van der Waals surface area contributed by atoms with Crippen molar-refractivity contribution < 1.29 is 13.4 Å². The zero-order valence-corrected chi connectivity index (χ0v) is 12.3. The lowest BCUT2D eigenvalue weighted by Crippen LogP contribution is -2.28. The molecule has 0 saturated carbocycles. The van der Waals surface area contributed by atoms with Crippen LogP contribution in [0, 0.1) is 5.82 Å². The normalized spacial score (nSPS) is 13.5. The summed E-state index contributed by atoms with van der Waals surface area (Å²) in [4.78, 5) is 11.5.